The summed E-state index contributed by atoms with van der Waals surface area (Å²) in [4.78, 5) is 2.62. The van der Waals surface area contributed by atoms with E-state index in [0.717, 1.165) is 24.1 Å². The first-order chi connectivity index (χ1) is 10.3. The minimum atomic E-state index is 0.859. The predicted molar refractivity (Wildman–Crippen MR) is 86.9 cm³/mol. The average Bonchev–Trinajstić information content (AvgIpc) is 3.37. The molecule has 2 aliphatic rings. The number of nitrogens with one attached hydrogen (secondary N) is 1. The molecule has 0 amide bonds. The van der Waals surface area contributed by atoms with E-state index in [2.05, 4.69) is 34.5 Å². The van der Waals surface area contributed by atoms with E-state index in [-0.39, 0.29) is 0 Å². The molecular weight excluding hydrogens is 260 g/mol. The summed E-state index contributed by atoms with van der Waals surface area (Å²) >= 11 is 0. The van der Waals surface area contributed by atoms with Gasteiger partial charge in [0.1, 0.15) is 5.75 Å². The molecule has 1 aliphatic carbocycles. The summed E-state index contributed by atoms with van der Waals surface area (Å²) in [5.74, 6) is 1.85. The molecule has 2 fully saturated rings. The molecule has 116 valence electrons. The summed E-state index contributed by atoms with van der Waals surface area (Å²) in [5, 5.41) is 3.68. The summed E-state index contributed by atoms with van der Waals surface area (Å²) in [6.07, 6.45) is 6.68. The van der Waals surface area contributed by atoms with Crippen molar-refractivity contribution in [1.82, 2.24) is 10.2 Å². The van der Waals surface area contributed by atoms with Crippen molar-refractivity contribution in [3.63, 3.8) is 0 Å². The number of benzene rings is 1. The summed E-state index contributed by atoms with van der Waals surface area (Å²) < 4.78 is 5.20. The molecule has 0 unspecified atom stereocenters. The van der Waals surface area contributed by atoms with Crippen molar-refractivity contribution < 1.29 is 4.74 Å². The first-order valence-electron chi connectivity index (χ1n) is 8.42. The van der Waals surface area contributed by atoms with E-state index in [1.165, 1.54) is 57.4 Å². The Morgan fingerprint density at radius 3 is 2.43 bits per heavy atom. The molecule has 1 saturated heterocycles. The van der Waals surface area contributed by atoms with E-state index in [1.54, 1.807) is 7.11 Å². The van der Waals surface area contributed by atoms with Gasteiger partial charge in [-0.05, 0) is 75.4 Å². The van der Waals surface area contributed by atoms with Gasteiger partial charge in [0, 0.05) is 12.6 Å². The molecule has 21 heavy (non-hydrogen) atoms. The van der Waals surface area contributed by atoms with Gasteiger partial charge in [0.15, 0.2) is 0 Å². The lowest BCUT2D eigenvalue weighted by molar-refractivity contribution is 0.184. The standard InChI is InChI=1S/C18H28N2O/c1-21-18-6-2-15(3-7-18)8-11-20-12-9-16(10-13-20)14-19-17-4-5-17/h2-3,6-7,16-17,19H,4-5,8-14H2,1H3. The zero-order chi connectivity index (χ0) is 14.5. The van der Waals surface area contributed by atoms with Crippen LogP contribution >= 0.6 is 0 Å². The predicted octanol–water partition coefficient (Wildman–Crippen LogP) is 2.70. The van der Waals surface area contributed by atoms with E-state index < -0.39 is 0 Å². The van der Waals surface area contributed by atoms with Crippen molar-refractivity contribution >= 4 is 0 Å². The summed E-state index contributed by atoms with van der Waals surface area (Å²) in [7, 11) is 1.72. The van der Waals surface area contributed by atoms with Crippen molar-refractivity contribution in [2.75, 3.05) is 33.3 Å². The SMILES string of the molecule is COc1ccc(CCN2CCC(CNC3CC3)CC2)cc1. The van der Waals surface area contributed by atoms with Gasteiger partial charge in [-0.3, -0.25) is 0 Å². The molecule has 3 nitrogen and oxygen atoms in total. The van der Waals surface area contributed by atoms with Crippen LogP contribution in [0.3, 0.4) is 0 Å². The zero-order valence-electron chi connectivity index (χ0n) is 13.2. The molecule has 1 heterocycles. The Bertz CT molecular complexity index is 419. The average molecular weight is 288 g/mol. The van der Waals surface area contributed by atoms with Crippen LogP contribution in [0, 0.1) is 5.92 Å². The lowest BCUT2D eigenvalue weighted by atomic mass is 9.96. The van der Waals surface area contributed by atoms with Gasteiger partial charge < -0.3 is 15.0 Å². The Kier molecular flexibility index (Phi) is 5.15. The molecule has 1 aromatic carbocycles. The number of hydrogen-bond donors (Lipinski definition) is 1. The second kappa shape index (κ2) is 7.28. The summed E-state index contributed by atoms with van der Waals surface area (Å²) in [6, 6.07) is 9.35. The molecule has 0 radical (unpaired) electrons. The van der Waals surface area contributed by atoms with Gasteiger partial charge in [0.2, 0.25) is 0 Å². The highest BCUT2D eigenvalue weighted by Crippen LogP contribution is 2.22. The maximum Gasteiger partial charge on any atom is 0.118 e. The molecule has 3 heteroatoms. The zero-order valence-corrected chi connectivity index (χ0v) is 13.2. The van der Waals surface area contributed by atoms with Gasteiger partial charge in [0.05, 0.1) is 7.11 Å². The smallest absolute Gasteiger partial charge is 0.118 e. The van der Waals surface area contributed by atoms with Crippen LogP contribution in [0.5, 0.6) is 5.75 Å². The largest absolute Gasteiger partial charge is 0.497 e. The third kappa shape index (κ3) is 4.72. The van der Waals surface area contributed by atoms with Crippen LogP contribution in [0.4, 0.5) is 0 Å². The van der Waals surface area contributed by atoms with E-state index >= 15 is 0 Å². The summed E-state index contributed by atoms with van der Waals surface area (Å²) in [5.41, 5.74) is 1.41. The number of methoxy groups -OCH3 is 1. The highest BCUT2D eigenvalue weighted by atomic mass is 16.5. The van der Waals surface area contributed by atoms with Crippen molar-refractivity contribution in [2.45, 2.75) is 38.1 Å². The Labute approximate surface area is 128 Å². The number of nitrogens with zero attached hydrogens (tertiary/aromatic N) is 1. The first kappa shape index (κ1) is 14.9. The molecule has 0 bridgehead atoms. The fourth-order valence-corrected chi connectivity index (χ4v) is 3.11. The number of rotatable bonds is 7. The fourth-order valence-electron chi connectivity index (χ4n) is 3.11. The molecule has 1 saturated carbocycles. The van der Waals surface area contributed by atoms with Crippen LogP contribution in [0.2, 0.25) is 0 Å². The Hall–Kier alpha value is -1.06. The molecular formula is C18H28N2O. The minimum Gasteiger partial charge on any atom is -0.497 e. The monoisotopic (exact) mass is 288 g/mol. The number of likely N-dealkylation sites (tertiary alicyclic amines) is 1. The fraction of sp³-hybridized carbons (Fsp3) is 0.667. The normalized spacial score (nSPS) is 20.6. The second-order valence-corrected chi connectivity index (χ2v) is 6.57. The lowest BCUT2D eigenvalue weighted by Gasteiger charge is -2.32. The molecule has 0 atom stereocenters. The number of ether oxygens (including phenoxy) is 1. The van der Waals surface area contributed by atoms with Crippen LogP contribution in [0.15, 0.2) is 24.3 Å². The molecule has 0 aromatic heterocycles. The Morgan fingerprint density at radius 1 is 1.10 bits per heavy atom. The van der Waals surface area contributed by atoms with Gasteiger partial charge in [-0.15, -0.1) is 0 Å². The van der Waals surface area contributed by atoms with Gasteiger partial charge in [-0.1, -0.05) is 12.1 Å². The van der Waals surface area contributed by atoms with Crippen molar-refractivity contribution in [1.29, 1.82) is 0 Å². The number of hydrogen-bond acceptors (Lipinski definition) is 3. The molecule has 1 N–H and O–H groups in total. The van der Waals surface area contributed by atoms with Crippen LogP contribution < -0.4 is 10.1 Å². The van der Waals surface area contributed by atoms with E-state index in [4.69, 9.17) is 4.74 Å². The highest BCUT2D eigenvalue weighted by molar-refractivity contribution is 5.27. The molecule has 0 spiro atoms. The minimum absolute atomic E-state index is 0.859. The second-order valence-electron chi connectivity index (χ2n) is 6.57. The maximum atomic E-state index is 5.20. The highest BCUT2D eigenvalue weighted by Gasteiger charge is 2.24. The lowest BCUT2D eigenvalue weighted by Crippen LogP contribution is -2.38. The van der Waals surface area contributed by atoms with Crippen LogP contribution in [0.25, 0.3) is 0 Å². The van der Waals surface area contributed by atoms with Crippen LogP contribution in [0.1, 0.15) is 31.2 Å². The van der Waals surface area contributed by atoms with Crippen molar-refractivity contribution in [2.24, 2.45) is 5.92 Å². The van der Waals surface area contributed by atoms with Crippen molar-refractivity contribution in [3.05, 3.63) is 29.8 Å². The third-order valence-electron chi connectivity index (χ3n) is 4.86. The van der Waals surface area contributed by atoms with Crippen molar-refractivity contribution in [3.8, 4) is 5.75 Å². The first-order valence-corrected chi connectivity index (χ1v) is 8.42. The Morgan fingerprint density at radius 2 is 1.81 bits per heavy atom. The maximum absolute atomic E-state index is 5.20. The van der Waals surface area contributed by atoms with E-state index in [9.17, 15) is 0 Å². The summed E-state index contributed by atoms with van der Waals surface area (Å²) in [6.45, 7) is 4.98. The van der Waals surface area contributed by atoms with E-state index in [1.807, 2.05) is 0 Å². The van der Waals surface area contributed by atoms with Gasteiger partial charge in [-0.2, -0.15) is 0 Å². The third-order valence-corrected chi connectivity index (χ3v) is 4.86. The topological polar surface area (TPSA) is 24.5 Å². The van der Waals surface area contributed by atoms with E-state index in [0.29, 0.717) is 0 Å². The van der Waals surface area contributed by atoms with Crippen LogP contribution in [-0.2, 0) is 6.42 Å². The van der Waals surface area contributed by atoms with Gasteiger partial charge in [0.25, 0.3) is 0 Å². The molecule has 1 aliphatic heterocycles. The quantitative estimate of drug-likeness (QED) is 0.835. The molecule has 1 aromatic rings. The molecule has 3 rings (SSSR count). The Balaban J connectivity index is 1.34. The van der Waals surface area contributed by atoms with Gasteiger partial charge in [-0.25, -0.2) is 0 Å². The number of piperidine rings is 1. The van der Waals surface area contributed by atoms with Crippen LogP contribution in [-0.4, -0.2) is 44.2 Å². The van der Waals surface area contributed by atoms with Gasteiger partial charge >= 0.3 is 0 Å².